The second kappa shape index (κ2) is 6.68. The molecule has 0 aliphatic rings. The largest absolute Gasteiger partial charge is 0.409 e. The Morgan fingerprint density at radius 2 is 1.92 bits per heavy atom. The van der Waals surface area contributed by atoms with Crippen LogP contribution in [0.5, 0.6) is 0 Å². The molecular weight excluding hydrogens is 292 g/mol. The van der Waals surface area contributed by atoms with Crippen molar-refractivity contribution < 1.29 is 13.2 Å². The first-order valence-corrected chi connectivity index (χ1v) is 5.58. The van der Waals surface area contributed by atoms with Crippen LogP contribution in [0.25, 0.3) is 0 Å². The van der Waals surface area contributed by atoms with Gasteiger partial charge in [0.15, 0.2) is 0 Å². The molecular formula is C9H14F3I. The number of alkyl halides is 4. The van der Waals surface area contributed by atoms with Crippen LogP contribution in [0.4, 0.5) is 13.2 Å². The van der Waals surface area contributed by atoms with Crippen LogP contribution in [-0.4, -0.2) is 10.1 Å². The molecule has 0 aromatic carbocycles. The minimum Gasteiger partial charge on any atom is -0.167 e. The molecule has 0 N–H and O–H groups in total. The van der Waals surface area contributed by atoms with E-state index in [0.717, 1.165) is 19.3 Å². The third kappa shape index (κ3) is 10.2. The summed E-state index contributed by atoms with van der Waals surface area (Å²) in [5.41, 5.74) is 0. The van der Waals surface area contributed by atoms with Gasteiger partial charge in [-0.15, -0.1) is 0 Å². The molecule has 78 valence electrons. The molecule has 13 heavy (non-hydrogen) atoms. The molecule has 4 heteroatoms. The predicted octanol–water partition coefficient (Wildman–Crippen LogP) is 4.49. The van der Waals surface area contributed by atoms with Crippen LogP contribution in [0.2, 0.25) is 0 Å². The summed E-state index contributed by atoms with van der Waals surface area (Å²) in [4.78, 5) is 0. The molecule has 0 nitrogen and oxygen atoms in total. The number of allylic oxidation sites excluding steroid dienone is 2. The monoisotopic (exact) mass is 306 g/mol. The second-order valence-corrected chi connectivity index (χ2v) is 4.67. The van der Waals surface area contributed by atoms with Crippen molar-refractivity contribution in [1.29, 1.82) is 0 Å². The van der Waals surface area contributed by atoms with Gasteiger partial charge in [0.1, 0.15) is 0 Å². The minimum absolute atomic E-state index is 0.322. The van der Waals surface area contributed by atoms with E-state index in [1.165, 1.54) is 6.08 Å². The molecule has 0 amide bonds. The van der Waals surface area contributed by atoms with Crippen molar-refractivity contribution in [3.8, 4) is 0 Å². The van der Waals surface area contributed by atoms with Gasteiger partial charge in [-0.1, -0.05) is 42.0 Å². The summed E-state index contributed by atoms with van der Waals surface area (Å²) >= 11 is 2.29. The van der Waals surface area contributed by atoms with E-state index in [0.29, 0.717) is 16.4 Å². The van der Waals surface area contributed by atoms with Gasteiger partial charge in [0.05, 0.1) is 0 Å². The van der Waals surface area contributed by atoms with E-state index in [4.69, 9.17) is 0 Å². The Kier molecular flexibility index (Phi) is 6.81. The number of hydrogen-bond acceptors (Lipinski definition) is 0. The van der Waals surface area contributed by atoms with Crippen LogP contribution < -0.4 is 0 Å². The summed E-state index contributed by atoms with van der Waals surface area (Å²) in [6.45, 7) is 2.08. The fourth-order valence-electron chi connectivity index (χ4n) is 0.952. The SMILES string of the molecule is CCCC(I)CCC=CC(F)(F)F. The quantitative estimate of drug-likeness (QED) is 0.399. The summed E-state index contributed by atoms with van der Waals surface area (Å²) in [6.07, 6.45) is 0.917. The Hall–Kier alpha value is 0.260. The highest BCUT2D eigenvalue weighted by molar-refractivity contribution is 14.1. The first-order chi connectivity index (χ1) is 5.95. The molecule has 0 saturated carbocycles. The zero-order valence-electron chi connectivity index (χ0n) is 7.57. The second-order valence-electron chi connectivity index (χ2n) is 2.91. The molecule has 0 aliphatic heterocycles. The van der Waals surface area contributed by atoms with Crippen molar-refractivity contribution in [3.63, 3.8) is 0 Å². The molecule has 0 fully saturated rings. The van der Waals surface area contributed by atoms with Gasteiger partial charge in [-0.2, -0.15) is 13.2 Å². The summed E-state index contributed by atoms with van der Waals surface area (Å²) < 4.78 is 35.4. The van der Waals surface area contributed by atoms with Crippen LogP contribution in [0, 0.1) is 0 Å². The molecule has 1 unspecified atom stereocenters. The number of rotatable bonds is 5. The van der Waals surface area contributed by atoms with Crippen LogP contribution in [0.1, 0.15) is 32.6 Å². The van der Waals surface area contributed by atoms with E-state index in [1.54, 1.807) is 0 Å². The first-order valence-electron chi connectivity index (χ1n) is 4.34. The van der Waals surface area contributed by atoms with E-state index < -0.39 is 6.18 Å². The minimum atomic E-state index is -4.15. The summed E-state index contributed by atoms with van der Waals surface area (Å²) in [5.74, 6) is 0. The fourth-order valence-corrected chi connectivity index (χ4v) is 1.93. The lowest BCUT2D eigenvalue weighted by atomic mass is 10.1. The highest BCUT2D eigenvalue weighted by Crippen LogP contribution is 2.18. The van der Waals surface area contributed by atoms with Gasteiger partial charge in [-0.3, -0.25) is 0 Å². The molecule has 0 rings (SSSR count). The summed E-state index contributed by atoms with van der Waals surface area (Å²) in [6, 6.07) is 0. The maximum absolute atomic E-state index is 11.6. The van der Waals surface area contributed by atoms with Gasteiger partial charge < -0.3 is 0 Å². The topological polar surface area (TPSA) is 0 Å². The summed E-state index contributed by atoms with van der Waals surface area (Å²) in [5, 5.41) is 0. The predicted molar refractivity (Wildman–Crippen MR) is 57.1 cm³/mol. The maximum atomic E-state index is 11.6. The van der Waals surface area contributed by atoms with E-state index in [-0.39, 0.29) is 0 Å². The van der Waals surface area contributed by atoms with Crippen molar-refractivity contribution in [3.05, 3.63) is 12.2 Å². The van der Waals surface area contributed by atoms with Crippen molar-refractivity contribution in [2.75, 3.05) is 0 Å². The standard InChI is InChI=1S/C9H14F3I/c1-2-5-8(13)6-3-4-7-9(10,11)12/h4,7-8H,2-3,5-6H2,1H3. The van der Waals surface area contributed by atoms with Crippen molar-refractivity contribution in [1.82, 2.24) is 0 Å². The number of halogens is 4. The first kappa shape index (κ1) is 13.3. The zero-order valence-corrected chi connectivity index (χ0v) is 9.73. The van der Waals surface area contributed by atoms with E-state index in [2.05, 4.69) is 29.5 Å². The normalized spacial score (nSPS) is 15.2. The molecule has 0 aromatic heterocycles. The van der Waals surface area contributed by atoms with Gasteiger partial charge in [-0.05, 0) is 19.3 Å². The molecule has 0 heterocycles. The average molecular weight is 306 g/mol. The summed E-state index contributed by atoms with van der Waals surface area (Å²) in [7, 11) is 0. The van der Waals surface area contributed by atoms with Crippen LogP contribution >= 0.6 is 22.6 Å². The van der Waals surface area contributed by atoms with Gasteiger partial charge in [0.25, 0.3) is 0 Å². The Morgan fingerprint density at radius 3 is 2.38 bits per heavy atom. The molecule has 0 aliphatic carbocycles. The molecule has 1 atom stereocenters. The average Bonchev–Trinajstić information content (AvgIpc) is 1.97. The highest BCUT2D eigenvalue weighted by atomic mass is 127. The molecule has 0 saturated heterocycles. The van der Waals surface area contributed by atoms with Gasteiger partial charge >= 0.3 is 6.18 Å². The molecule has 0 spiro atoms. The third-order valence-electron chi connectivity index (χ3n) is 1.56. The number of hydrogen-bond donors (Lipinski definition) is 0. The maximum Gasteiger partial charge on any atom is 0.409 e. The highest BCUT2D eigenvalue weighted by Gasteiger charge is 2.21. The Bertz CT molecular complexity index is 151. The lowest BCUT2D eigenvalue weighted by molar-refractivity contribution is -0.0800. The van der Waals surface area contributed by atoms with E-state index in [9.17, 15) is 13.2 Å². The molecule has 0 radical (unpaired) electrons. The van der Waals surface area contributed by atoms with E-state index >= 15 is 0 Å². The van der Waals surface area contributed by atoms with Gasteiger partial charge in [-0.25, -0.2) is 0 Å². The van der Waals surface area contributed by atoms with Gasteiger partial charge in [0.2, 0.25) is 0 Å². The molecule has 0 bridgehead atoms. The van der Waals surface area contributed by atoms with Crippen LogP contribution in [-0.2, 0) is 0 Å². The van der Waals surface area contributed by atoms with Crippen LogP contribution in [0.3, 0.4) is 0 Å². The Labute approximate surface area is 90.7 Å². The van der Waals surface area contributed by atoms with Crippen molar-refractivity contribution in [2.24, 2.45) is 0 Å². The van der Waals surface area contributed by atoms with Crippen LogP contribution in [0.15, 0.2) is 12.2 Å². The van der Waals surface area contributed by atoms with E-state index in [1.807, 2.05) is 0 Å². The van der Waals surface area contributed by atoms with Crippen molar-refractivity contribution in [2.45, 2.75) is 42.7 Å². The lowest BCUT2D eigenvalue weighted by Gasteiger charge is -2.05. The fraction of sp³-hybridized carbons (Fsp3) is 0.778. The Balaban J connectivity index is 3.50. The Morgan fingerprint density at radius 1 is 1.31 bits per heavy atom. The van der Waals surface area contributed by atoms with Crippen molar-refractivity contribution >= 4 is 22.6 Å². The zero-order chi connectivity index (χ0) is 10.3. The smallest absolute Gasteiger partial charge is 0.167 e. The van der Waals surface area contributed by atoms with Gasteiger partial charge in [0, 0.05) is 10.0 Å². The lowest BCUT2D eigenvalue weighted by Crippen LogP contribution is -2.01. The third-order valence-corrected chi connectivity index (χ3v) is 2.80. The molecule has 0 aromatic rings.